The standard InChI is InChI=1S/C14H19F7O5/c1-4-24-8(2)12(15,16)9-5-23-6-10(26-9)13(17,18)11(14(19,20)21)25-7-22-3/h4,8-11H,1,5-7H2,2-3H3. The van der Waals surface area contributed by atoms with Gasteiger partial charge in [0.05, 0.1) is 19.5 Å². The van der Waals surface area contributed by atoms with Crippen LogP contribution in [0.25, 0.3) is 0 Å². The van der Waals surface area contributed by atoms with E-state index >= 15 is 0 Å². The molecular weight excluding hydrogens is 381 g/mol. The number of hydrogen-bond donors (Lipinski definition) is 0. The third kappa shape index (κ3) is 5.21. The minimum Gasteiger partial charge on any atom is -0.493 e. The molecule has 1 fully saturated rings. The van der Waals surface area contributed by atoms with Crippen molar-refractivity contribution in [2.75, 3.05) is 27.1 Å². The van der Waals surface area contributed by atoms with Crippen LogP contribution in [0.15, 0.2) is 12.8 Å². The van der Waals surface area contributed by atoms with Crippen LogP contribution in [-0.4, -0.2) is 69.6 Å². The van der Waals surface area contributed by atoms with Gasteiger partial charge in [-0.1, -0.05) is 6.58 Å². The van der Waals surface area contributed by atoms with Crippen molar-refractivity contribution in [3.8, 4) is 0 Å². The zero-order valence-corrected chi connectivity index (χ0v) is 13.9. The minimum absolute atomic E-state index is 0.715. The van der Waals surface area contributed by atoms with Gasteiger partial charge in [0.2, 0.25) is 6.10 Å². The summed E-state index contributed by atoms with van der Waals surface area (Å²) >= 11 is 0. The van der Waals surface area contributed by atoms with Gasteiger partial charge in [0, 0.05) is 7.11 Å². The monoisotopic (exact) mass is 400 g/mol. The molecule has 1 rings (SSSR count). The molecule has 154 valence electrons. The third-order valence-corrected chi connectivity index (χ3v) is 3.57. The molecule has 1 aliphatic rings. The van der Waals surface area contributed by atoms with Gasteiger partial charge in [-0.3, -0.25) is 0 Å². The lowest BCUT2D eigenvalue weighted by molar-refractivity contribution is -0.347. The summed E-state index contributed by atoms with van der Waals surface area (Å²) in [5, 5.41) is 0. The van der Waals surface area contributed by atoms with Crippen molar-refractivity contribution in [2.45, 2.75) is 49.4 Å². The van der Waals surface area contributed by atoms with E-state index in [1.165, 1.54) is 0 Å². The smallest absolute Gasteiger partial charge is 0.420 e. The highest BCUT2D eigenvalue weighted by Crippen LogP contribution is 2.41. The van der Waals surface area contributed by atoms with E-state index in [2.05, 4.69) is 30.3 Å². The molecule has 5 nitrogen and oxygen atoms in total. The van der Waals surface area contributed by atoms with Gasteiger partial charge in [-0.15, -0.1) is 0 Å². The van der Waals surface area contributed by atoms with Gasteiger partial charge in [-0.25, -0.2) is 8.78 Å². The van der Waals surface area contributed by atoms with Gasteiger partial charge >= 0.3 is 18.0 Å². The predicted molar refractivity (Wildman–Crippen MR) is 72.9 cm³/mol. The lowest BCUT2D eigenvalue weighted by Crippen LogP contribution is -2.61. The fourth-order valence-corrected chi connectivity index (χ4v) is 2.19. The molecule has 1 aliphatic heterocycles. The van der Waals surface area contributed by atoms with E-state index in [4.69, 9.17) is 0 Å². The van der Waals surface area contributed by atoms with Crippen molar-refractivity contribution in [3.05, 3.63) is 12.8 Å². The second kappa shape index (κ2) is 8.72. The number of ether oxygens (including phenoxy) is 5. The number of rotatable bonds is 9. The average molecular weight is 400 g/mol. The number of methoxy groups -OCH3 is 1. The first-order valence-corrected chi connectivity index (χ1v) is 7.31. The minimum atomic E-state index is -5.50. The first-order chi connectivity index (χ1) is 11.9. The van der Waals surface area contributed by atoms with Crippen molar-refractivity contribution in [2.24, 2.45) is 0 Å². The molecule has 0 aromatic carbocycles. The van der Waals surface area contributed by atoms with Gasteiger partial charge in [-0.2, -0.15) is 22.0 Å². The molecule has 12 heteroatoms. The second-order valence-electron chi connectivity index (χ2n) is 5.44. The maximum Gasteiger partial charge on any atom is 0.420 e. The fourth-order valence-electron chi connectivity index (χ4n) is 2.19. The van der Waals surface area contributed by atoms with Gasteiger partial charge in [0.1, 0.15) is 19.0 Å². The second-order valence-corrected chi connectivity index (χ2v) is 5.44. The first-order valence-electron chi connectivity index (χ1n) is 7.31. The summed E-state index contributed by atoms with van der Waals surface area (Å²) < 4.78 is 118. The number of hydrogen-bond acceptors (Lipinski definition) is 5. The lowest BCUT2D eigenvalue weighted by Gasteiger charge is -2.41. The van der Waals surface area contributed by atoms with Crippen LogP contribution < -0.4 is 0 Å². The van der Waals surface area contributed by atoms with E-state index in [-0.39, 0.29) is 0 Å². The molecule has 0 aromatic rings. The van der Waals surface area contributed by atoms with Gasteiger partial charge in [0.15, 0.2) is 6.10 Å². The van der Waals surface area contributed by atoms with Crippen LogP contribution in [0.2, 0.25) is 0 Å². The molecule has 0 N–H and O–H groups in total. The summed E-state index contributed by atoms with van der Waals surface area (Å²) in [6, 6.07) is 0. The zero-order valence-electron chi connectivity index (χ0n) is 13.9. The Bertz CT molecular complexity index is 457. The normalized spacial score (nSPS) is 24.8. The molecular formula is C14H19F7O5. The molecule has 0 aliphatic carbocycles. The van der Waals surface area contributed by atoms with Crippen molar-refractivity contribution in [3.63, 3.8) is 0 Å². The van der Waals surface area contributed by atoms with E-state index < -0.39 is 62.4 Å². The Morgan fingerprint density at radius 2 is 1.62 bits per heavy atom. The Hall–Kier alpha value is -1.11. The molecule has 0 amide bonds. The third-order valence-electron chi connectivity index (χ3n) is 3.57. The Balaban J connectivity index is 2.99. The van der Waals surface area contributed by atoms with Crippen LogP contribution in [0.5, 0.6) is 0 Å². The Kier molecular flexibility index (Phi) is 7.69. The van der Waals surface area contributed by atoms with Crippen molar-refractivity contribution < 1.29 is 54.4 Å². The van der Waals surface area contributed by atoms with E-state index in [0.717, 1.165) is 14.0 Å². The Morgan fingerprint density at radius 3 is 2.08 bits per heavy atom. The summed E-state index contributed by atoms with van der Waals surface area (Å²) in [6.07, 6.45) is -15.1. The highest BCUT2D eigenvalue weighted by molar-refractivity contribution is 4.95. The molecule has 1 heterocycles. The molecule has 26 heavy (non-hydrogen) atoms. The summed E-state index contributed by atoms with van der Waals surface area (Å²) in [5.74, 6) is -8.54. The molecule has 4 atom stereocenters. The first kappa shape index (κ1) is 22.9. The number of halogens is 7. The maximum atomic E-state index is 14.3. The zero-order chi connectivity index (χ0) is 20.2. The Morgan fingerprint density at radius 1 is 1.08 bits per heavy atom. The molecule has 0 spiro atoms. The van der Waals surface area contributed by atoms with Gasteiger partial charge in [-0.05, 0) is 6.92 Å². The van der Waals surface area contributed by atoms with E-state index in [9.17, 15) is 30.7 Å². The quantitative estimate of drug-likeness (QED) is 0.338. The van der Waals surface area contributed by atoms with Crippen LogP contribution in [0.4, 0.5) is 30.7 Å². The maximum absolute atomic E-state index is 14.3. The summed E-state index contributed by atoms with van der Waals surface area (Å²) in [6.45, 7) is 1.09. The van der Waals surface area contributed by atoms with Gasteiger partial charge in [0.25, 0.3) is 0 Å². The largest absolute Gasteiger partial charge is 0.493 e. The van der Waals surface area contributed by atoms with Crippen LogP contribution in [0.1, 0.15) is 6.92 Å². The summed E-state index contributed by atoms with van der Waals surface area (Å²) in [4.78, 5) is 0. The SMILES string of the molecule is C=COC(C)C(F)(F)C1COCC(C(F)(F)C(OCOC)C(F)(F)F)O1. The van der Waals surface area contributed by atoms with E-state index in [0.29, 0.717) is 6.26 Å². The topological polar surface area (TPSA) is 46.2 Å². The van der Waals surface area contributed by atoms with Crippen LogP contribution in [0, 0.1) is 0 Å². The van der Waals surface area contributed by atoms with Crippen molar-refractivity contribution in [1.29, 1.82) is 0 Å². The lowest BCUT2D eigenvalue weighted by atomic mass is 10.0. The highest BCUT2D eigenvalue weighted by Gasteiger charge is 2.63. The highest BCUT2D eigenvalue weighted by atomic mass is 19.4. The average Bonchev–Trinajstić information content (AvgIpc) is 2.54. The van der Waals surface area contributed by atoms with Crippen LogP contribution in [-0.2, 0) is 23.7 Å². The molecule has 1 saturated heterocycles. The van der Waals surface area contributed by atoms with E-state index in [1.807, 2.05) is 0 Å². The number of alkyl halides is 7. The van der Waals surface area contributed by atoms with Crippen molar-refractivity contribution >= 4 is 0 Å². The van der Waals surface area contributed by atoms with Crippen molar-refractivity contribution in [1.82, 2.24) is 0 Å². The summed E-state index contributed by atoms with van der Waals surface area (Å²) in [7, 11) is 0.934. The van der Waals surface area contributed by atoms with Gasteiger partial charge < -0.3 is 23.7 Å². The molecule has 0 radical (unpaired) electrons. The molecule has 0 saturated carbocycles. The fraction of sp³-hybridized carbons (Fsp3) is 0.857. The van der Waals surface area contributed by atoms with Crippen LogP contribution in [0.3, 0.4) is 0 Å². The predicted octanol–water partition coefficient (Wildman–Crippen LogP) is 3.14. The molecule has 4 unspecified atom stereocenters. The van der Waals surface area contributed by atoms with E-state index in [1.54, 1.807) is 0 Å². The summed E-state index contributed by atoms with van der Waals surface area (Å²) in [5.41, 5.74) is 0. The molecule has 0 bridgehead atoms. The Labute approximate surface area is 145 Å². The van der Waals surface area contributed by atoms with Crippen LogP contribution >= 0.6 is 0 Å². The molecule has 0 aromatic heterocycles.